The highest BCUT2D eigenvalue weighted by molar-refractivity contribution is 4.90. The van der Waals surface area contributed by atoms with Crippen LogP contribution >= 0.6 is 0 Å². The number of nitrogens with zero attached hydrogens (tertiary/aromatic N) is 2. The quantitative estimate of drug-likeness (QED) is 0.701. The number of nitrogens with two attached hydrogens (primary N) is 1. The molecule has 0 bridgehead atoms. The molecule has 0 saturated carbocycles. The number of hydrogen-bond donors (Lipinski definition) is 1. The Morgan fingerprint density at radius 1 is 1.33 bits per heavy atom. The molecule has 2 atom stereocenters. The van der Waals surface area contributed by atoms with E-state index in [1.807, 2.05) is 0 Å². The summed E-state index contributed by atoms with van der Waals surface area (Å²) in [6.45, 7) is 5.83. The van der Waals surface area contributed by atoms with Gasteiger partial charge in [0, 0.05) is 31.7 Å². The highest BCUT2D eigenvalue weighted by Gasteiger charge is 2.32. The van der Waals surface area contributed by atoms with Gasteiger partial charge in [0.25, 0.3) is 0 Å². The molecule has 0 aromatic heterocycles. The van der Waals surface area contributed by atoms with Gasteiger partial charge in [0.1, 0.15) is 0 Å². The zero-order valence-corrected chi connectivity index (χ0v) is 9.69. The third kappa shape index (κ3) is 2.50. The molecule has 2 heterocycles. The zero-order chi connectivity index (χ0) is 10.7. The number of rotatable bonds is 3. The third-order valence-corrected chi connectivity index (χ3v) is 3.78. The maximum atomic E-state index is 5.94. The SMILES string of the molecule is CN1CCCC1C(CN)N1CCOCC1. The van der Waals surface area contributed by atoms with Gasteiger partial charge in [0.2, 0.25) is 0 Å². The van der Waals surface area contributed by atoms with Crippen LogP contribution in [-0.2, 0) is 4.74 Å². The lowest BCUT2D eigenvalue weighted by Gasteiger charge is -2.39. The molecule has 4 nitrogen and oxygen atoms in total. The van der Waals surface area contributed by atoms with Gasteiger partial charge in [0.15, 0.2) is 0 Å². The maximum absolute atomic E-state index is 5.94. The Balaban J connectivity index is 1.95. The van der Waals surface area contributed by atoms with Gasteiger partial charge in [0.05, 0.1) is 13.2 Å². The molecule has 0 aromatic rings. The van der Waals surface area contributed by atoms with Crippen molar-refractivity contribution in [2.45, 2.75) is 24.9 Å². The second-order valence-corrected chi connectivity index (χ2v) is 4.64. The summed E-state index contributed by atoms with van der Waals surface area (Å²) >= 11 is 0. The Bertz CT molecular complexity index is 194. The first kappa shape index (κ1) is 11.3. The van der Waals surface area contributed by atoms with Gasteiger partial charge in [-0.15, -0.1) is 0 Å². The molecule has 0 aromatic carbocycles. The van der Waals surface area contributed by atoms with E-state index < -0.39 is 0 Å². The van der Waals surface area contributed by atoms with Gasteiger partial charge in [-0.25, -0.2) is 0 Å². The Morgan fingerprint density at radius 3 is 2.60 bits per heavy atom. The summed E-state index contributed by atoms with van der Waals surface area (Å²) in [5.41, 5.74) is 5.94. The molecule has 2 saturated heterocycles. The highest BCUT2D eigenvalue weighted by Crippen LogP contribution is 2.21. The Hall–Kier alpha value is -0.160. The average Bonchev–Trinajstić information content (AvgIpc) is 2.68. The van der Waals surface area contributed by atoms with Crippen molar-refractivity contribution in [3.63, 3.8) is 0 Å². The van der Waals surface area contributed by atoms with E-state index in [1.165, 1.54) is 19.4 Å². The molecule has 2 rings (SSSR count). The summed E-state index contributed by atoms with van der Waals surface area (Å²) in [5, 5.41) is 0. The summed E-state index contributed by atoms with van der Waals surface area (Å²) in [6.07, 6.45) is 2.62. The van der Waals surface area contributed by atoms with Crippen LogP contribution < -0.4 is 5.73 Å². The lowest BCUT2D eigenvalue weighted by molar-refractivity contribution is 0.00188. The molecule has 0 aliphatic carbocycles. The van der Waals surface area contributed by atoms with Crippen LogP contribution in [0.5, 0.6) is 0 Å². The van der Waals surface area contributed by atoms with E-state index in [-0.39, 0.29) is 0 Å². The summed E-state index contributed by atoms with van der Waals surface area (Å²) in [6, 6.07) is 1.19. The minimum absolute atomic E-state index is 0.529. The normalized spacial score (nSPS) is 32.0. The summed E-state index contributed by atoms with van der Waals surface area (Å²) < 4.78 is 5.39. The van der Waals surface area contributed by atoms with Gasteiger partial charge in [-0.1, -0.05) is 0 Å². The molecule has 2 aliphatic rings. The third-order valence-electron chi connectivity index (χ3n) is 3.78. The van der Waals surface area contributed by atoms with Crippen LogP contribution in [0.2, 0.25) is 0 Å². The molecule has 0 amide bonds. The van der Waals surface area contributed by atoms with Gasteiger partial charge in [-0.3, -0.25) is 4.90 Å². The smallest absolute Gasteiger partial charge is 0.0594 e. The minimum atomic E-state index is 0.529. The van der Waals surface area contributed by atoms with Crippen molar-refractivity contribution in [3.05, 3.63) is 0 Å². The summed E-state index contributed by atoms with van der Waals surface area (Å²) in [5.74, 6) is 0. The van der Waals surface area contributed by atoms with Crippen LogP contribution in [0, 0.1) is 0 Å². The maximum Gasteiger partial charge on any atom is 0.0594 e. The molecule has 4 heteroatoms. The van der Waals surface area contributed by atoms with Crippen LogP contribution in [0.15, 0.2) is 0 Å². The molecule has 2 unspecified atom stereocenters. The zero-order valence-electron chi connectivity index (χ0n) is 9.69. The number of hydrogen-bond acceptors (Lipinski definition) is 4. The van der Waals surface area contributed by atoms with E-state index in [2.05, 4.69) is 16.8 Å². The molecule has 2 fully saturated rings. The molecule has 0 radical (unpaired) electrons. The fourth-order valence-electron chi connectivity index (χ4n) is 2.88. The molecule has 2 aliphatic heterocycles. The van der Waals surface area contributed by atoms with Gasteiger partial charge in [-0.2, -0.15) is 0 Å². The second-order valence-electron chi connectivity index (χ2n) is 4.64. The summed E-state index contributed by atoms with van der Waals surface area (Å²) in [4.78, 5) is 4.98. The number of likely N-dealkylation sites (tertiary alicyclic amines) is 1. The van der Waals surface area contributed by atoms with Crippen molar-refractivity contribution >= 4 is 0 Å². The molecule has 15 heavy (non-hydrogen) atoms. The van der Waals surface area contributed by atoms with E-state index in [0.717, 1.165) is 32.8 Å². The second kappa shape index (κ2) is 5.25. The van der Waals surface area contributed by atoms with E-state index in [0.29, 0.717) is 12.1 Å². The molecule has 88 valence electrons. The van der Waals surface area contributed by atoms with Gasteiger partial charge >= 0.3 is 0 Å². The van der Waals surface area contributed by atoms with Crippen molar-refractivity contribution in [2.24, 2.45) is 5.73 Å². The minimum Gasteiger partial charge on any atom is -0.379 e. The van der Waals surface area contributed by atoms with Crippen molar-refractivity contribution in [1.82, 2.24) is 9.80 Å². The fraction of sp³-hybridized carbons (Fsp3) is 1.00. The van der Waals surface area contributed by atoms with Gasteiger partial charge in [-0.05, 0) is 26.4 Å². The van der Waals surface area contributed by atoms with E-state index in [1.54, 1.807) is 0 Å². The Kier molecular flexibility index (Phi) is 3.97. The molecule has 2 N–H and O–H groups in total. The lowest BCUT2D eigenvalue weighted by Crippen LogP contribution is -2.55. The van der Waals surface area contributed by atoms with Crippen LogP contribution in [-0.4, -0.2) is 68.3 Å². The van der Waals surface area contributed by atoms with Gasteiger partial charge < -0.3 is 15.4 Å². The predicted octanol–water partition coefficient (Wildman–Crippen LogP) is -0.260. The predicted molar refractivity (Wildman–Crippen MR) is 60.9 cm³/mol. The van der Waals surface area contributed by atoms with Crippen molar-refractivity contribution in [2.75, 3.05) is 46.4 Å². The number of morpholine rings is 1. The monoisotopic (exact) mass is 213 g/mol. The standard InChI is InChI=1S/C11H23N3O/c1-13-4-2-3-10(13)11(9-12)14-5-7-15-8-6-14/h10-11H,2-9,12H2,1H3. The molecular weight excluding hydrogens is 190 g/mol. The first-order valence-corrected chi connectivity index (χ1v) is 6.05. The summed E-state index contributed by atoms with van der Waals surface area (Å²) in [7, 11) is 2.22. The molecular formula is C11H23N3O. The van der Waals surface area contributed by atoms with Crippen molar-refractivity contribution < 1.29 is 4.74 Å². The van der Waals surface area contributed by atoms with Crippen LogP contribution in [0.1, 0.15) is 12.8 Å². The van der Waals surface area contributed by atoms with Crippen molar-refractivity contribution in [3.8, 4) is 0 Å². The van der Waals surface area contributed by atoms with Crippen molar-refractivity contribution in [1.29, 1.82) is 0 Å². The van der Waals surface area contributed by atoms with Crippen LogP contribution in [0.3, 0.4) is 0 Å². The topological polar surface area (TPSA) is 41.7 Å². The molecule has 0 spiro atoms. The van der Waals surface area contributed by atoms with E-state index >= 15 is 0 Å². The first-order valence-electron chi connectivity index (χ1n) is 6.05. The van der Waals surface area contributed by atoms with Crippen LogP contribution in [0.4, 0.5) is 0 Å². The number of ether oxygens (including phenoxy) is 1. The van der Waals surface area contributed by atoms with E-state index in [4.69, 9.17) is 10.5 Å². The largest absolute Gasteiger partial charge is 0.379 e. The highest BCUT2D eigenvalue weighted by atomic mass is 16.5. The van der Waals surface area contributed by atoms with Crippen LogP contribution in [0.25, 0.3) is 0 Å². The first-order chi connectivity index (χ1) is 7.33. The fourth-order valence-corrected chi connectivity index (χ4v) is 2.88. The Morgan fingerprint density at radius 2 is 2.07 bits per heavy atom. The average molecular weight is 213 g/mol. The van der Waals surface area contributed by atoms with E-state index in [9.17, 15) is 0 Å². The lowest BCUT2D eigenvalue weighted by atomic mass is 10.0. The Labute approximate surface area is 92.4 Å². The number of likely N-dealkylation sites (N-methyl/N-ethyl adjacent to an activating group) is 1.